The number of rotatable bonds is 18. The van der Waals surface area contributed by atoms with Crippen molar-refractivity contribution in [2.45, 2.75) is 102 Å². The van der Waals surface area contributed by atoms with Gasteiger partial charge in [-0.3, -0.25) is 19.0 Å². The molecule has 0 aromatic carbocycles. The molecule has 1 aliphatic heterocycles. The summed E-state index contributed by atoms with van der Waals surface area (Å²) in [6.07, 6.45) is 6.95. The molecule has 1 aliphatic rings. The fraction of sp³-hybridized carbons (Fsp3) is 0.760. The third kappa shape index (κ3) is 11.3. The molecule has 0 saturated carbocycles. The van der Waals surface area contributed by atoms with Gasteiger partial charge in [0.15, 0.2) is 23.2 Å². The maximum absolute atomic E-state index is 12.5. The number of hydrogen-bond donors (Lipinski definition) is 7. The average Bonchev–Trinajstić information content (AvgIpc) is 3.45. The number of fused-ring (bicyclic) bond motifs is 1. The molecule has 0 aliphatic carbocycles. The molecular formula is C25H43ClN6O9P2. The Bertz CT molecular complexity index is 1300. The molecule has 3 rings (SSSR count). The van der Waals surface area contributed by atoms with Crippen molar-refractivity contribution in [2.75, 3.05) is 23.9 Å². The first-order valence-corrected chi connectivity index (χ1v) is 18.8. The van der Waals surface area contributed by atoms with E-state index in [2.05, 4.69) is 32.5 Å². The van der Waals surface area contributed by atoms with Crippen molar-refractivity contribution in [1.29, 1.82) is 0 Å². The van der Waals surface area contributed by atoms with Crippen LogP contribution in [0.2, 0.25) is 5.28 Å². The monoisotopic (exact) mass is 668 g/mol. The molecule has 43 heavy (non-hydrogen) atoms. The molecule has 1 saturated heterocycles. The highest BCUT2D eigenvalue weighted by Gasteiger charge is 2.45. The lowest BCUT2D eigenvalue weighted by atomic mass is 10.1. The minimum Gasteiger partial charge on any atom is -0.388 e. The van der Waals surface area contributed by atoms with Crippen LogP contribution < -0.4 is 10.6 Å². The van der Waals surface area contributed by atoms with E-state index < -0.39 is 57.6 Å². The molecule has 2 aromatic rings. The molecule has 15 nitrogen and oxygen atoms in total. The highest BCUT2D eigenvalue weighted by molar-refractivity contribution is 7.72. The largest absolute Gasteiger partial charge is 0.388 e. The lowest BCUT2D eigenvalue weighted by Crippen LogP contribution is -2.32. The molecule has 0 spiro atoms. The van der Waals surface area contributed by atoms with Gasteiger partial charge in [0.05, 0.1) is 12.4 Å². The van der Waals surface area contributed by atoms with Crippen LogP contribution in [0.1, 0.15) is 83.8 Å². The zero-order valence-corrected chi connectivity index (χ0v) is 26.8. The number of imidazole rings is 1. The Morgan fingerprint density at radius 1 is 1.00 bits per heavy atom. The standard InChI is InChI=1S/C25H43ClN6O9P2/c1-2-3-4-5-6-7-8-9-10-11-13-27-25(35)30-21-18-22(31-24(26)29-21)32(15-28-18)23-20(34)19(33)17(41-23)12-14-42(36,37)16-43(38,39)40/h15,17,19-20,23,33-34H,2-14,16H2,1H3,(H,36,37)(H2,38,39,40)(H2,27,29,30,31,35). The fourth-order valence-corrected chi connectivity index (χ4v) is 8.71. The van der Waals surface area contributed by atoms with Crippen LogP contribution >= 0.6 is 26.6 Å². The lowest BCUT2D eigenvalue weighted by molar-refractivity contribution is -0.0354. The van der Waals surface area contributed by atoms with Crippen molar-refractivity contribution in [3.8, 4) is 0 Å². The summed E-state index contributed by atoms with van der Waals surface area (Å²) in [7, 11) is -8.95. The van der Waals surface area contributed by atoms with Crippen LogP contribution in [0.25, 0.3) is 11.2 Å². The summed E-state index contributed by atoms with van der Waals surface area (Å²) >= 11 is 6.10. The highest BCUT2D eigenvalue weighted by atomic mass is 35.5. The van der Waals surface area contributed by atoms with Crippen LogP contribution in [0.4, 0.5) is 10.6 Å². The van der Waals surface area contributed by atoms with Crippen LogP contribution in [-0.4, -0.2) is 87.4 Å². The van der Waals surface area contributed by atoms with Gasteiger partial charge in [0.25, 0.3) is 0 Å². The summed E-state index contributed by atoms with van der Waals surface area (Å²) in [6, 6.07) is -0.502. The zero-order chi connectivity index (χ0) is 31.6. The number of nitrogens with zero attached hydrogens (tertiary/aromatic N) is 4. The maximum Gasteiger partial charge on any atom is 0.335 e. The number of hydrogen-bond acceptors (Lipinski definition) is 9. The molecule has 18 heteroatoms. The van der Waals surface area contributed by atoms with Gasteiger partial charge in [0.1, 0.15) is 18.1 Å². The normalized spacial score (nSPS) is 22.1. The number of carbonyl (C=O) groups is 1. The SMILES string of the molecule is CCCCCCCCCCCCNC(=O)Nc1nc(Cl)nc2c1ncn2C1OC(CCP(=O)(O)CP(=O)(O)O)C(O)C1O. The van der Waals surface area contributed by atoms with E-state index in [9.17, 15) is 29.0 Å². The summed E-state index contributed by atoms with van der Waals surface area (Å²) in [4.78, 5) is 52.9. The van der Waals surface area contributed by atoms with Crippen LogP contribution in [0.5, 0.6) is 0 Å². The molecular weight excluding hydrogens is 626 g/mol. The third-order valence-corrected chi connectivity index (χ3v) is 11.6. The number of halogens is 1. The number of aliphatic hydroxyl groups excluding tert-OH is 2. The second-order valence-electron chi connectivity index (χ2n) is 10.9. The first-order valence-electron chi connectivity index (χ1n) is 14.6. The van der Waals surface area contributed by atoms with E-state index >= 15 is 0 Å². The number of aliphatic hydroxyl groups is 2. The van der Waals surface area contributed by atoms with E-state index in [0.717, 1.165) is 19.3 Å². The van der Waals surface area contributed by atoms with E-state index in [1.165, 1.54) is 55.8 Å². The molecule has 5 atom stereocenters. The van der Waals surface area contributed by atoms with Gasteiger partial charge in [-0.05, 0) is 24.4 Å². The van der Waals surface area contributed by atoms with E-state index in [0.29, 0.717) is 6.54 Å². The second kappa shape index (κ2) is 16.6. The number of ether oxygens (including phenoxy) is 1. The number of anilines is 1. The van der Waals surface area contributed by atoms with Gasteiger partial charge >= 0.3 is 13.6 Å². The van der Waals surface area contributed by atoms with Crippen molar-refractivity contribution < 1.29 is 43.6 Å². The molecule has 0 radical (unpaired) electrons. The van der Waals surface area contributed by atoms with Crippen molar-refractivity contribution in [2.24, 2.45) is 0 Å². The summed E-state index contributed by atoms with van der Waals surface area (Å²) in [5.41, 5.74) is 0.241. The second-order valence-corrected chi connectivity index (χ2v) is 15.9. The summed E-state index contributed by atoms with van der Waals surface area (Å²) in [5.74, 6) is -1.17. The van der Waals surface area contributed by atoms with Crippen LogP contribution in [0, 0.1) is 0 Å². The van der Waals surface area contributed by atoms with Crippen molar-refractivity contribution in [3.05, 3.63) is 11.6 Å². The molecule has 3 heterocycles. The Morgan fingerprint density at radius 3 is 2.26 bits per heavy atom. The summed E-state index contributed by atoms with van der Waals surface area (Å²) in [6.45, 7) is 2.69. The van der Waals surface area contributed by atoms with Gasteiger partial charge in [-0.1, -0.05) is 64.7 Å². The molecule has 5 unspecified atom stereocenters. The quantitative estimate of drug-likeness (QED) is 0.0680. The number of nitrogens with one attached hydrogen (secondary N) is 2. The topological polar surface area (TPSA) is 229 Å². The predicted octanol–water partition coefficient (Wildman–Crippen LogP) is 3.94. The Labute approximate surface area is 255 Å². The van der Waals surface area contributed by atoms with E-state index in [4.69, 9.17) is 26.1 Å². The number of amides is 2. The van der Waals surface area contributed by atoms with Gasteiger partial charge in [-0.25, -0.2) is 9.78 Å². The first-order chi connectivity index (χ1) is 20.3. The van der Waals surface area contributed by atoms with Gasteiger partial charge in [-0.2, -0.15) is 9.97 Å². The summed E-state index contributed by atoms with van der Waals surface area (Å²) < 4.78 is 30.3. The number of unbranched alkanes of at least 4 members (excludes halogenated alkanes) is 9. The predicted molar refractivity (Wildman–Crippen MR) is 161 cm³/mol. The average molecular weight is 669 g/mol. The fourth-order valence-electron chi connectivity index (χ4n) is 5.01. The lowest BCUT2D eigenvalue weighted by Gasteiger charge is -2.18. The number of aromatic nitrogens is 4. The minimum absolute atomic E-state index is 0.0255. The van der Waals surface area contributed by atoms with E-state index in [-0.39, 0.29) is 28.7 Å². The molecule has 2 aromatic heterocycles. The minimum atomic E-state index is -4.73. The van der Waals surface area contributed by atoms with Crippen molar-refractivity contribution in [1.82, 2.24) is 24.8 Å². The molecule has 7 N–H and O–H groups in total. The first kappa shape index (κ1) is 35.8. The van der Waals surface area contributed by atoms with Crippen LogP contribution in [0.3, 0.4) is 0 Å². The van der Waals surface area contributed by atoms with Crippen LogP contribution in [0.15, 0.2) is 6.33 Å². The Hall–Kier alpha value is -1.67. The van der Waals surface area contributed by atoms with Gasteiger partial charge in [0.2, 0.25) is 12.7 Å². The van der Waals surface area contributed by atoms with Gasteiger partial charge in [0, 0.05) is 12.7 Å². The van der Waals surface area contributed by atoms with Gasteiger partial charge < -0.3 is 34.9 Å². The summed E-state index contributed by atoms with van der Waals surface area (Å²) in [5, 5.41) is 26.3. The number of urea groups is 1. The van der Waals surface area contributed by atoms with E-state index in [1.807, 2.05) is 0 Å². The molecule has 1 fully saturated rings. The molecule has 2 amide bonds. The van der Waals surface area contributed by atoms with Crippen molar-refractivity contribution in [3.63, 3.8) is 0 Å². The Kier molecular flexibility index (Phi) is 13.8. The Morgan fingerprint density at radius 2 is 1.63 bits per heavy atom. The smallest absolute Gasteiger partial charge is 0.335 e. The third-order valence-electron chi connectivity index (χ3n) is 7.22. The van der Waals surface area contributed by atoms with Gasteiger partial charge in [-0.15, -0.1) is 0 Å². The molecule has 244 valence electrons. The molecule has 0 bridgehead atoms. The maximum atomic E-state index is 12.5. The zero-order valence-electron chi connectivity index (χ0n) is 24.2. The van der Waals surface area contributed by atoms with Crippen LogP contribution in [-0.2, 0) is 13.9 Å². The number of carbonyl (C=O) groups excluding carboxylic acids is 1. The Balaban J connectivity index is 1.53. The highest BCUT2D eigenvalue weighted by Crippen LogP contribution is 2.55. The van der Waals surface area contributed by atoms with Crippen molar-refractivity contribution >= 4 is 49.6 Å². The van der Waals surface area contributed by atoms with E-state index in [1.54, 1.807) is 0 Å².